The first-order valence-electron chi connectivity index (χ1n) is 11.6. The summed E-state index contributed by atoms with van der Waals surface area (Å²) < 4.78 is 7.49. The summed E-state index contributed by atoms with van der Waals surface area (Å²) >= 11 is 7.03. The number of hydrogen-bond acceptors (Lipinski definition) is 4. The van der Waals surface area contributed by atoms with Gasteiger partial charge in [0, 0.05) is 10.0 Å². The molecule has 4 aromatic carbocycles. The van der Waals surface area contributed by atoms with Crippen molar-refractivity contribution in [3.05, 3.63) is 129 Å². The largest absolute Gasteiger partial charge is 0.487 e. The maximum Gasteiger partial charge on any atom is 0.343 e. The van der Waals surface area contributed by atoms with Gasteiger partial charge in [-0.05, 0) is 64.0 Å². The molecule has 188 valence electrons. The molecule has 1 fully saturated rings. The number of ether oxygens (including phenoxy) is 1. The van der Waals surface area contributed by atoms with E-state index in [1.807, 2.05) is 36.4 Å². The molecule has 0 unspecified atom stereocenters. The Hall–Kier alpha value is -4.01. The lowest BCUT2D eigenvalue weighted by Gasteiger charge is -2.34. The summed E-state index contributed by atoms with van der Waals surface area (Å²) in [7, 11) is 0. The van der Waals surface area contributed by atoms with Crippen LogP contribution in [0, 0.1) is 0 Å². The van der Waals surface area contributed by atoms with Gasteiger partial charge in [0.1, 0.15) is 17.9 Å². The number of carbonyl (C=O) groups is 3. The molecule has 0 spiro atoms. The topological polar surface area (TPSA) is 66.9 Å². The van der Waals surface area contributed by atoms with Crippen molar-refractivity contribution in [2.75, 3.05) is 9.80 Å². The van der Waals surface area contributed by atoms with E-state index in [1.54, 1.807) is 66.7 Å². The third kappa shape index (κ3) is 5.18. The fourth-order valence-corrected chi connectivity index (χ4v) is 5.44. The number of imide groups is 2. The van der Waals surface area contributed by atoms with Gasteiger partial charge in [-0.25, -0.2) is 14.6 Å². The van der Waals surface area contributed by atoms with Crippen LogP contribution in [0.25, 0.3) is 6.08 Å². The van der Waals surface area contributed by atoms with Crippen LogP contribution in [0.2, 0.25) is 0 Å². The van der Waals surface area contributed by atoms with Gasteiger partial charge >= 0.3 is 6.03 Å². The number of hydrogen-bond donors (Lipinski definition) is 0. The number of nitrogens with zero attached hydrogens (tertiary/aromatic N) is 2. The highest BCUT2D eigenvalue weighted by atomic mass is 79.9. The number of halogens is 2. The van der Waals surface area contributed by atoms with Crippen LogP contribution < -0.4 is 14.5 Å². The van der Waals surface area contributed by atoms with Gasteiger partial charge in [0.2, 0.25) is 0 Å². The number of barbiturate groups is 1. The lowest BCUT2D eigenvalue weighted by atomic mass is 10.0. The van der Waals surface area contributed by atoms with Crippen LogP contribution in [0.3, 0.4) is 0 Å². The lowest BCUT2D eigenvalue weighted by molar-refractivity contribution is -0.121. The number of amides is 4. The smallest absolute Gasteiger partial charge is 0.343 e. The number of para-hydroxylation sites is 2. The zero-order valence-electron chi connectivity index (χ0n) is 19.9. The Labute approximate surface area is 236 Å². The monoisotopic (exact) mass is 630 g/mol. The van der Waals surface area contributed by atoms with Crippen molar-refractivity contribution in [2.45, 2.75) is 6.61 Å². The van der Waals surface area contributed by atoms with Crippen molar-refractivity contribution in [3.63, 3.8) is 0 Å². The number of rotatable bonds is 6. The Kier molecular flexibility index (Phi) is 7.53. The summed E-state index contributed by atoms with van der Waals surface area (Å²) in [6.45, 7) is 0.282. The molecule has 1 aliphatic heterocycles. The first-order chi connectivity index (χ1) is 18.4. The molecule has 0 aliphatic carbocycles. The fourth-order valence-electron chi connectivity index (χ4n) is 4.06. The Bertz CT molecular complexity index is 1480. The van der Waals surface area contributed by atoms with E-state index in [0.717, 1.165) is 19.8 Å². The number of anilines is 2. The van der Waals surface area contributed by atoms with E-state index in [9.17, 15) is 14.4 Å². The van der Waals surface area contributed by atoms with Crippen LogP contribution in [0.4, 0.5) is 16.2 Å². The Morgan fingerprint density at radius 1 is 0.684 bits per heavy atom. The molecule has 0 saturated carbocycles. The van der Waals surface area contributed by atoms with Crippen molar-refractivity contribution < 1.29 is 19.1 Å². The van der Waals surface area contributed by atoms with E-state index >= 15 is 0 Å². The van der Waals surface area contributed by atoms with E-state index in [-0.39, 0.29) is 12.2 Å². The summed E-state index contributed by atoms with van der Waals surface area (Å²) in [6.07, 6.45) is 1.47. The molecular weight excluding hydrogens is 612 g/mol. The van der Waals surface area contributed by atoms with Gasteiger partial charge in [0.25, 0.3) is 11.8 Å². The second-order valence-electron chi connectivity index (χ2n) is 8.37. The third-order valence-electron chi connectivity index (χ3n) is 5.84. The van der Waals surface area contributed by atoms with Crippen LogP contribution in [0.5, 0.6) is 5.75 Å². The van der Waals surface area contributed by atoms with Crippen molar-refractivity contribution in [1.29, 1.82) is 0 Å². The third-order valence-corrected chi connectivity index (χ3v) is 6.89. The molecule has 6 nitrogen and oxygen atoms in total. The molecular formula is C30H20Br2N2O4. The summed E-state index contributed by atoms with van der Waals surface area (Å²) in [5.74, 6) is -0.980. The SMILES string of the molecule is O=C1C(=Cc2cc(Br)cc(Br)c2OCc2ccccc2)C(=O)N(c2ccccc2)C(=O)N1c1ccccc1. The maximum atomic E-state index is 13.7. The number of carbonyl (C=O) groups excluding carboxylic acids is 3. The minimum absolute atomic E-state index is 0.174. The van der Waals surface area contributed by atoms with E-state index in [1.165, 1.54) is 6.08 Å². The average Bonchev–Trinajstić information content (AvgIpc) is 2.92. The molecule has 1 saturated heterocycles. The highest BCUT2D eigenvalue weighted by Crippen LogP contribution is 2.37. The number of benzene rings is 4. The summed E-state index contributed by atoms with van der Waals surface area (Å²) in [4.78, 5) is 43.0. The summed E-state index contributed by atoms with van der Waals surface area (Å²) in [5, 5.41) is 0. The first kappa shape index (κ1) is 25.6. The summed E-state index contributed by atoms with van der Waals surface area (Å²) in [5.41, 5.74) is 2.00. The standard InChI is InChI=1S/C30H20Br2N2O4/c31-22-16-21(27(26(32)18-22)38-19-20-10-4-1-5-11-20)17-25-28(35)33(23-12-6-2-7-13-23)30(37)34(29(25)36)24-14-8-3-9-15-24/h1-18H,19H2. The predicted molar refractivity (Wildman–Crippen MR) is 154 cm³/mol. The second kappa shape index (κ2) is 11.2. The highest BCUT2D eigenvalue weighted by molar-refractivity contribution is 9.11. The molecule has 0 bridgehead atoms. The predicted octanol–water partition coefficient (Wildman–Crippen LogP) is 7.37. The normalized spacial score (nSPS) is 13.6. The maximum absolute atomic E-state index is 13.7. The van der Waals surface area contributed by atoms with Crippen LogP contribution in [0.1, 0.15) is 11.1 Å². The van der Waals surface area contributed by atoms with Gasteiger partial charge < -0.3 is 4.74 Å². The lowest BCUT2D eigenvalue weighted by Crippen LogP contribution is -2.57. The van der Waals surface area contributed by atoms with Crippen LogP contribution in [-0.2, 0) is 16.2 Å². The van der Waals surface area contributed by atoms with Crippen molar-refractivity contribution in [3.8, 4) is 5.75 Å². The second-order valence-corrected chi connectivity index (χ2v) is 10.1. The van der Waals surface area contributed by atoms with Gasteiger partial charge in [-0.1, -0.05) is 82.7 Å². The molecule has 0 N–H and O–H groups in total. The quantitative estimate of drug-likeness (QED) is 0.165. The zero-order valence-corrected chi connectivity index (χ0v) is 23.1. The average molecular weight is 632 g/mol. The minimum atomic E-state index is -0.745. The molecule has 5 rings (SSSR count). The van der Waals surface area contributed by atoms with Crippen molar-refractivity contribution >= 4 is 67.2 Å². The van der Waals surface area contributed by atoms with Gasteiger partial charge in [-0.2, -0.15) is 0 Å². The van der Waals surface area contributed by atoms with Gasteiger partial charge in [-0.3, -0.25) is 9.59 Å². The summed E-state index contributed by atoms with van der Waals surface area (Å²) in [6, 6.07) is 29.6. The fraction of sp³-hybridized carbons (Fsp3) is 0.0333. The van der Waals surface area contributed by atoms with E-state index in [4.69, 9.17) is 4.74 Å². The Morgan fingerprint density at radius 2 is 1.18 bits per heavy atom. The molecule has 0 aromatic heterocycles. The molecule has 1 aliphatic rings. The molecule has 38 heavy (non-hydrogen) atoms. The Balaban J connectivity index is 1.62. The van der Waals surface area contributed by atoms with Gasteiger partial charge in [0.15, 0.2) is 0 Å². The molecule has 8 heteroatoms. The van der Waals surface area contributed by atoms with Crippen molar-refractivity contribution in [1.82, 2.24) is 0 Å². The number of urea groups is 1. The van der Waals surface area contributed by atoms with Gasteiger partial charge in [-0.15, -0.1) is 0 Å². The minimum Gasteiger partial charge on any atom is -0.487 e. The van der Waals surface area contributed by atoms with Crippen LogP contribution in [-0.4, -0.2) is 17.8 Å². The molecule has 4 aromatic rings. The van der Waals surface area contributed by atoms with E-state index in [0.29, 0.717) is 27.2 Å². The van der Waals surface area contributed by atoms with E-state index in [2.05, 4.69) is 31.9 Å². The first-order valence-corrected chi connectivity index (χ1v) is 13.2. The van der Waals surface area contributed by atoms with Gasteiger partial charge in [0.05, 0.1) is 15.8 Å². The Morgan fingerprint density at radius 3 is 1.71 bits per heavy atom. The highest BCUT2D eigenvalue weighted by Gasteiger charge is 2.43. The molecule has 4 amide bonds. The van der Waals surface area contributed by atoms with Crippen LogP contribution >= 0.6 is 31.9 Å². The molecule has 0 atom stereocenters. The van der Waals surface area contributed by atoms with Crippen LogP contribution in [0.15, 0.2) is 118 Å². The molecule has 1 heterocycles. The van der Waals surface area contributed by atoms with Crippen molar-refractivity contribution in [2.24, 2.45) is 0 Å². The molecule has 0 radical (unpaired) electrons. The van der Waals surface area contributed by atoms with E-state index < -0.39 is 17.8 Å². The zero-order chi connectivity index (χ0) is 26.6.